The molecule has 1 aliphatic rings. The fourth-order valence-corrected chi connectivity index (χ4v) is 2.57. The lowest BCUT2D eigenvalue weighted by Crippen LogP contribution is -2.14. The number of hydrogen-bond donors (Lipinski definition) is 0. The quantitative estimate of drug-likeness (QED) is 0.818. The van der Waals surface area contributed by atoms with Gasteiger partial charge in [0.25, 0.3) is 0 Å². The lowest BCUT2D eigenvalue weighted by molar-refractivity contribution is 0.428. The highest BCUT2D eigenvalue weighted by atomic mass is 79.9. The number of halogens is 2. The van der Waals surface area contributed by atoms with Crippen LogP contribution in [0.5, 0.6) is 0 Å². The summed E-state index contributed by atoms with van der Waals surface area (Å²) in [6.07, 6.45) is 5.01. The zero-order valence-electron chi connectivity index (χ0n) is 9.43. The summed E-state index contributed by atoms with van der Waals surface area (Å²) in [5, 5.41) is 0.778. The predicted octanol–water partition coefficient (Wildman–Crippen LogP) is 4.08. The highest BCUT2D eigenvalue weighted by Gasteiger charge is 2.26. The first kappa shape index (κ1) is 11.9. The number of allylic oxidation sites excluding steroid dienone is 1. The molecule has 0 atom stereocenters. The minimum Gasteiger partial charge on any atom is -0.366 e. The zero-order chi connectivity index (χ0) is 11.7. The third-order valence-electron chi connectivity index (χ3n) is 2.77. The molecule has 0 aromatic carbocycles. The molecule has 0 radical (unpaired) electrons. The van der Waals surface area contributed by atoms with E-state index in [2.05, 4.69) is 45.7 Å². The summed E-state index contributed by atoms with van der Waals surface area (Å²) in [4.78, 5) is 6.74. The van der Waals surface area contributed by atoms with E-state index in [0.29, 0.717) is 0 Å². The molecule has 16 heavy (non-hydrogen) atoms. The molecule has 4 heteroatoms. The van der Waals surface area contributed by atoms with Gasteiger partial charge in [-0.15, -0.1) is 0 Å². The Morgan fingerprint density at radius 3 is 2.94 bits per heavy atom. The van der Waals surface area contributed by atoms with Gasteiger partial charge in [0.1, 0.15) is 0 Å². The van der Waals surface area contributed by atoms with Gasteiger partial charge in [-0.05, 0) is 29.3 Å². The summed E-state index contributed by atoms with van der Waals surface area (Å²) < 4.78 is 0.868. The molecule has 2 heterocycles. The molecule has 0 saturated carbocycles. The highest BCUT2D eigenvalue weighted by molar-refractivity contribution is 9.10. The van der Waals surface area contributed by atoms with Gasteiger partial charge in [0.2, 0.25) is 0 Å². The van der Waals surface area contributed by atoms with Crippen LogP contribution in [0.25, 0.3) is 5.70 Å². The molecule has 86 valence electrons. The molecule has 0 fully saturated rings. The van der Waals surface area contributed by atoms with Gasteiger partial charge in [-0.3, -0.25) is 4.98 Å². The first-order valence-corrected chi connectivity index (χ1v) is 6.64. The van der Waals surface area contributed by atoms with E-state index in [-0.39, 0.29) is 0 Å². The minimum absolute atomic E-state index is 0.778. The van der Waals surface area contributed by atoms with E-state index < -0.39 is 0 Å². The topological polar surface area (TPSA) is 16.1 Å². The smallest absolute Gasteiger partial charge is 0.0705 e. The second-order valence-electron chi connectivity index (χ2n) is 3.75. The Morgan fingerprint density at radius 2 is 2.31 bits per heavy atom. The maximum Gasteiger partial charge on any atom is 0.0705 e. The Morgan fingerprint density at radius 1 is 1.56 bits per heavy atom. The van der Waals surface area contributed by atoms with Crippen LogP contribution in [0.4, 0.5) is 0 Å². The largest absolute Gasteiger partial charge is 0.366 e. The van der Waals surface area contributed by atoms with Gasteiger partial charge in [-0.25, -0.2) is 0 Å². The van der Waals surface area contributed by atoms with Crippen LogP contribution < -0.4 is 0 Å². The molecular weight excluding hydrogens is 288 g/mol. The monoisotopic (exact) mass is 300 g/mol. The Kier molecular flexibility index (Phi) is 3.55. The first-order valence-electron chi connectivity index (χ1n) is 5.47. The fourth-order valence-electron chi connectivity index (χ4n) is 2.01. The average Bonchev–Trinajstić information content (AvgIpc) is 2.63. The Labute approximate surface area is 109 Å². The van der Waals surface area contributed by atoms with Gasteiger partial charge >= 0.3 is 0 Å². The third-order valence-corrected chi connectivity index (χ3v) is 3.99. The van der Waals surface area contributed by atoms with E-state index in [1.165, 1.54) is 5.70 Å². The van der Waals surface area contributed by atoms with Gasteiger partial charge in [-0.1, -0.05) is 24.6 Å². The minimum atomic E-state index is 0.778. The third kappa shape index (κ3) is 1.87. The number of pyridine rings is 1. The molecule has 0 amide bonds. The number of nitrogens with zero attached hydrogens (tertiary/aromatic N) is 2. The predicted molar refractivity (Wildman–Crippen MR) is 71.3 cm³/mol. The van der Waals surface area contributed by atoms with Crippen molar-refractivity contribution < 1.29 is 0 Å². The van der Waals surface area contributed by atoms with E-state index >= 15 is 0 Å². The molecule has 0 unspecified atom stereocenters. The lowest BCUT2D eigenvalue weighted by atomic mass is 10.1. The van der Waals surface area contributed by atoms with Crippen molar-refractivity contribution in [3.05, 3.63) is 33.0 Å². The molecule has 0 spiro atoms. The van der Waals surface area contributed by atoms with Gasteiger partial charge < -0.3 is 4.90 Å². The van der Waals surface area contributed by atoms with Crippen molar-refractivity contribution in [2.24, 2.45) is 0 Å². The molecule has 0 saturated heterocycles. The van der Waals surface area contributed by atoms with Gasteiger partial charge in [0.05, 0.1) is 21.7 Å². The van der Waals surface area contributed by atoms with Crippen molar-refractivity contribution in [1.82, 2.24) is 9.88 Å². The second-order valence-corrected chi connectivity index (χ2v) is 4.99. The fraction of sp³-hybridized carbons (Fsp3) is 0.417. The molecule has 0 N–H and O–H groups in total. The number of rotatable bonds is 2. The molecule has 1 aliphatic heterocycles. The second kappa shape index (κ2) is 4.76. The molecule has 2 rings (SSSR count). The zero-order valence-corrected chi connectivity index (χ0v) is 11.8. The van der Waals surface area contributed by atoms with Gasteiger partial charge in [0.15, 0.2) is 0 Å². The van der Waals surface area contributed by atoms with Crippen molar-refractivity contribution >= 4 is 33.2 Å². The van der Waals surface area contributed by atoms with Crippen molar-refractivity contribution in [3.8, 4) is 0 Å². The maximum absolute atomic E-state index is 6.34. The summed E-state index contributed by atoms with van der Waals surface area (Å²) in [6, 6.07) is 0. The standard InChI is InChI=1S/C12H14BrClN2/c1-3-5-10-11-9(7-16(10)4-2)15-6-8(13)12(11)14/h5-6H,3-4,7H2,1-2H3/b10-5-. The van der Waals surface area contributed by atoms with Crippen LogP contribution in [0.15, 0.2) is 16.7 Å². The lowest BCUT2D eigenvalue weighted by Gasteiger charge is -2.17. The average molecular weight is 302 g/mol. The summed E-state index contributed by atoms with van der Waals surface area (Å²) in [7, 11) is 0. The van der Waals surface area contributed by atoms with Crippen LogP contribution in [0, 0.1) is 0 Å². The SMILES string of the molecule is CC/C=C1/c2c(ncc(Br)c2Cl)CN1CC. The highest BCUT2D eigenvalue weighted by Crippen LogP contribution is 2.39. The van der Waals surface area contributed by atoms with Crippen LogP contribution in [-0.4, -0.2) is 16.4 Å². The van der Waals surface area contributed by atoms with Gasteiger partial charge in [-0.2, -0.15) is 0 Å². The van der Waals surface area contributed by atoms with Crippen molar-refractivity contribution in [1.29, 1.82) is 0 Å². The number of fused-ring (bicyclic) bond motifs is 1. The molecule has 1 aromatic heterocycles. The van der Waals surface area contributed by atoms with Crippen LogP contribution >= 0.6 is 27.5 Å². The summed E-state index contributed by atoms with van der Waals surface area (Å²) in [5.41, 5.74) is 3.40. The van der Waals surface area contributed by atoms with Crippen LogP contribution in [-0.2, 0) is 6.54 Å². The van der Waals surface area contributed by atoms with Crippen molar-refractivity contribution in [2.45, 2.75) is 26.8 Å². The normalized spacial score (nSPS) is 17.0. The molecule has 2 nitrogen and oxygen atoms in total. The Hall–Kier alpha value is -0.540. The van der Waals surface area contributed by atoms with Crippen molar-refractivity contribution in [3.63, 3.8) is 0 Å². The molecular formula is C12H14BrClN2. The molecule has 1 aromatic rings. The van der Waals surface area contributed by atoms with Gasteiger partial charge in [0, 0.05) is 24.0 Å². The summed E-state index contributed by atoms with van der Waals surface area (Å²) >= 11 is 9.77. The number of hydrogen-bond acceptors (Lipinski definition) is 2. The Bertz CT molecular complexity index is 443. The van der Waals surface area contributed by atoms with Crippen LogP contribution in [0.2, 0.25) is 5.02 Å². The van der Waals surface area contributed by atoms with E-state index in [9.17, 15) is 0 Å². The van der Waals surface area contributed by atoms with Crippen molar-refractivity contribution in [2.75, 3.05) is 6.54 Å². The first-order chi connectivity index (χ1) is 7.69. The van der Waals surface area contributed by atoms with E-state index in [1.807, 2.05) is 0 Å². The summed E-state index contributed by atoms with van der Waals surface area (Å²) in [6.45, 7) is 6.14. The van der Waals surface area contributed by atoms with E-state index in [0.717, 1.165) is 40.3 Å². The maximum atomic E-state index is 6.34. The van der Waals surface area contributed by atoms with Crippen LogP contribution in [0.3, 0.4) is 0 Å². The van der Waals surface area contributed by atoms with Crippen LogP contribution in [0.1, 0.15) is 31.5 Å². The Balaban J connectivity index is 2.57. The van der Waals surface area contributed by atoms with E-state index in [4.69, 9.17) is 11.6 Å². The molecule has 0 bridgehead atoms. The van der Waals surface area contributed by atoms with E-state index in [1.54, 1.807) is 6.20 Å². The summed E-state index contributed by atoms with van der Waals surface area (Å²) in [5.74, 6) is 0. The molecule has 0 aliphatic carbocycles. The number of aromatic nitrogens is 1.